The molecule has 0 spiro atoms. The highest BCUT2D eigenvalue weighted by Gasteiger charge is 2.12. The van der Waals surface area contributed by atoms with Crippen molar-refractivity contribution in [3.05, 3.63) is 29.9 Å². The van der Waals surface area contributed by atoms with Crippen LogP contribution in [0.1, 0.15) is 30.9 Å². The lowest BCUT2D eigenvalue weighted by molar-refractivity contribution is 0.213. The lowest BCUT2D eigenvalue weighted by atomic mass is 10.3. The third kappa shape index (κ3) is 3.16. The van der Waals surface area contributed by atoms with Gasteiger partial charge in [-0.3, -0.25) is 4.90 Å². The van der Waals surface area contributed by atoms with Crippen LogP contribution in [0.25, 0.3) is 0 Å². The van der Waals surface area contributed by atoms with Crippen molar-refractivity contribution in [1.82, 2.24) is 24.6 Å². The summed E-state index contributed by atoms with van der Waals surface area (Å²) in [5.74, 6) is 2.38. The smallest absolute Gasteiger partial charge is 0.240 e. The predicted octanol–water partition coefficient (Wildman–Crippen LogP) is 1.52. The van der Waals surface area contributed by atoms with E-state index in [9.17, 15) is 0 Å². The molecule has 0 radical (unpaired) electrons. The quantitative estimate of drug-likeness (QED) is 0.777. The average molecular weight is 249 g/mol. The molecule has 2 aromatic heterocycles. The predicted molar refractivity (Wildman–Crippen MR) is 66.6 cm³/mol. The van der Waals surface area contributed by atoms with E-state index in [-0.39, 0.29) is 0 Å². The van der Waals surface area contributed by atoms with Gasteiger partial charge in [0.15, 0.2) is 5.82 Å². The first-order valence-electron chi connectivity index (χ1n) is 6.16. The largest absolute Gasteiger partial charge is 0.338 e. The molecule has 0 amide bonds. The van der Waals surface area contributed by atoms with Crippen LogP contribution in [-0.2, 0) is 20.1 Å². The third-order valence-electron chi connectivity index (χ3n) is 2.75. The molecule has 0 bridgehead atoms. The first-order valence-corrected chi connectivity index (χ1v) is 6.16. The molecule has 0 aromatic carbocycles. The molecule has 0 saturated carbocycles. The van der Waals surface area contributed by atoms with Crippen molar-refractivity contribution in [2.45, 2.75) is 33.4 Å². The molecule has 2 rings (SSSR count). The minimum atomic E-state index is 0.662. The van der Waals surface area contributed by atoms with Crippen molar-refractivity contribution in [2.75, 3.05) is 6.54 Å². The molecule has 0 atom stereocenters. The van der Waals surface area contributed by atoms with Gasteiger partial charge in [0, 0.05) is 19.4 Å². The first-order chi connectivity index (χ1) is 8.69. The van der Waals surface area contributed by atoms with E-state index in [0.717, 1.165) is 25.3 Å². The molecular formula is C12H19N5O. The Morgan fingerprint density at radius 2 is 2.22 bits per heavy atom. The molecule has 0 aliphatic heterocycles. The number of aryl methyl sites for hydroxylation is 2. The number of hydrogen-bond acceptors (Lipinski definition) is 5. The topological polar surface area (TPSA) is 60.0 Å². The van der Waals surface area contributed by atoms with Crippen LogP contribution >= 0.6 is 0 Å². The van der Waals surface area contributed by atoms with E-state index < -0.39 is 0 Å². The van der Waals surface area contributed by atoms with Gasteiger partial charge in [0.25, 0.3) is 0 Å². The number of imidazole rings is 1. The second-order valence-corrected chi connectivity index (χ2v) is 4.40. The molecule has 18 heavy (non-hydrogen) atoms. The molecule has 0 fully saturated rings. The van der Waals surface area contributed by atoms with Gasteiger partial charge in [-0.1, -0.05) is 12.1 Å². The molecule has 0 aliphatic carbocycles. The normalized spacial score (nSPS) is 11.3. The second-order valence-electron chi connectivity index (χ2n) is 4.40. The van der Waals surface area contributed by atoms with Gasteiger partial charge in [-0.05, 0) is 19.9 Å². The molecule has 6 nitrogen and oxygen atoms in total. The van der Waals surface area contributed by atoms with E-state index in [1.165, 1.54) is 0 Å². The fourth-order valence-electron chi connectivity index (χ4n) is 1.87. The Balaban J connectivity index is 2.02. The molecular weight excluding hydrogens is 230 g/mol. The Morgan fingerprint density at radius 1 is 1.39 bits per heavy atom. The lowest BCUT2D eigenvalue weighted by Gasteiger charge is -2.19. The highest BCUT2D eigenvalue weighted by Crippen LogP contribution is 2.08. The van der Waals surface area contributed by atoms with E-state index in [2.05, 4.69) is 26.9 Å². The maximum absolute atomic E-state index is 5.16. The summed E-state index contributed by atoms with van der Waals surface area (Å²) in [4.78, 5) is 10.8. The Morgan fingerprint density at radius 3 is 2.78 bits per heavy atom. The van der Waals surface area contributed by atoms with Crippen molar-refractivity contribution in [3.8, 4) is 0 Å². The molecule has 0 N–H and O–H groups in total. The van der Waals surface area contributed by atoms with Crippen molar-refractivity contribution in [3.63, 3.8) is 0 Å². The monoisotopic (exact) mass is 249 g/mol. The number of nitrogens with zero attached hydrogens (tertiary/aromatic N) is 5. The van der Waals surface area contributed by atoms with Crippen LogP contribution in [0.3, 0.4) is 0 Å². The van der Waals surface area contributed by atoms with Gasteiger partial charge in [0.1, 0.15) is 5.82 Å². The van der Waals surface area contributed by atoms with Gasteiger partial charge < -0.3 is 9.09 Å². The van der Waals surface area contributed by atoms with Gasteiger partial charge in [-0.15, -0.1) is 0 Å². The highest BCUT2D eigenvalue weighted by molar-refractivity contribution is 4.92. The second kappa shape index (κ2) is 5.77. The van der Waals surface area contributed by atoms with E-state index in [4.69, 9.17) is 4.52 Å². The summed E-state index contributed by atoms with van der Waals surface area (Å²) in [5.41, 5.74) is 0. The number of hydrogen-bond donors (Lipinski definition) is 0. The van der Waals surface area contributed by atoms with Crippen LogP contribution in [0, 0.1) is 6.92 Å². The molecule has 2 aromatic rings. The zero-order valence-corrected chi connectivity index (χ0v) is 11.1. The van der Waals surface area contributed by atoms with Crippen LogP contribution in [0.15, 0.2) is 16.9 Å². The first kappa shape index (κ1) is 12.8. The minimum absolute atomic E-state index is 0.662. The van der Waals surface area contributed by atoms with Crippen molar-refractivity contribution >= 4 is 0 Å². The van der Waals surface area contributed by atoms with Crippen LogP contribution in [0.5, 0.6) is 0 Å². The van der Waals surface area contributed by atoms with Crippen LogP contribution in [0.4, 0.5) is 0 Å². The molecule has 0 saturated heterocycles. The van der Waals surface area contributed by atoms with Gasteiger partial charge in [0.05, 0.1) is 13.1 Å². The number of rotatable bonds is 6. The highest BCUT2D eigenvalue weighted by atomic mass is 16.5. The molecule has 0 unspecified atom stereocenters. The molecule has 6 heteroatoms. The minimum Gasteiger partial charge on any atom is -0.338 e. The summed E-state index contributed by atoms with van der Waals surface area (Å²) in [7, 11) is 2.00. The summed E-state index contributed by atoms with van der Waals surface area (Å²) in [6.07, 6.45) is 4.85. The fraction of sp³-hybridized carbons (Fsp3) is 0.583. The van der Waals surface area contributed by atoms with Crippen molar-refractivity contribution < 1.29 is 4.52 Å². The van der Waals surface area contributed by atoms with Crippen LogP contribution in [0.2, 0.25) is 0 Å². The van der Waals surface area contributed by atoms with E-state index in [0.29, 0.717) is 18.3 Å². The van der Waals surface area contributed by atoms with Gasteiger partial charge >= 0.3 is 0 Å². The zero-order valence-electron chi connectivity index (χ0n) is 11.1. The summed E-state index contributed by atoms with van der Waals surface area (Å²) in [6.45, 7) is 6.43. The van der Waals surface area contributed by atoms with Crippen molar-refractivity contribution in [1.29, 1.82) is 0 Å². The lowest BCUT2D eigenvalue weighted by Crippen LogP contribution is -2.25. The number of aromatic nitrogens is 4. The summed E-state index contributed by atoms with van der Waals surface area (Å²) in [5, 5.41) is 3.81. The Labute approximate surface area is 107 Å². The summed E-state index contributed by atoms with van der Waals surface area (Å²) >= 11 is 0. The van der Waals surface area contributed by atoms with Gasteiger partial charge in [-0.25, -0.2) is 4.98 Å². The SMILES string of the molecule is CCCN(Cc1nc(C)no1)Cc1nccn1C. The standard InChI is InChI=1S/C12H19N5O/c1-4-6-17(8-11-13-5-7-16(11)3)9-12-14-10(2)15-18-12/h5,7H,4,6,8-9H2,1-3H3. The Kier molecular flexibility index (Phi) is 4.09. The van der Waals surface area contributed by atoms with Gasteiger partial charge in [0.2, 0.25) is 5.89 Å². The maximum Gasteiger partial charge on any atom is 0.240 e. The maximum atomic E-state index is 5.16. The summed E-state index contributed by atoms with van der Waals surface area (Å²) < 4.78 is 7.19. The fourth-order valence-corrected chi connectivity index (χ4v) is 1.87. The van der Waals surface area contributed by atoms with Crippen LogP contribution < -0.4 is 0 Å². The van der Waals surface area contributed by atoms with Crippen molar-refractivity contribution in [2.24, 2.45) is 7.05 Å². The summed E-state index contributed by atoms with van der Waals surface area (Å²) in [6, 6.07) is 0. The van der Waals surface area contributed by atoms with E-state index >= 15 is 0 Å². The third-order valence-corrected chi connectivity index (χ3v) is 2.75. The van der Waals surface area contributed by atoms with Crippen LogP contribution in [-0.4, -0.2) is 31.1 Å². The molecule has 2 heterocycles. The average Bonchev–Trinajstić information content (AvgIpc) is 2.90. The van der Waals surface area contributed by atoms with E-state index in [1.54, 1.807) is 0 Å². The zero-order chi connectivity index (χ0) is 13.0. The van der Waals surface area contributed by atoms with Gasteiger partial charge in [-0.2, -0.15) is 4.98 Å². The Bertz CT molecular complexity index is 490. The molecule has 98 valence electrons. The Hall–Kier alpha value is -1.69. The molecule has 0 aliphatic rings. The van der Waals surface area contributed by atoms with E-state index in [1.807, 2.05) is 30.9 Å².